The maximum atomic E-state index is 5.58. The number of aryl methyl sites for hydroxylation is 1. The molecule has 1 aromatic rings. The highest BCUT2D eigenvalue weighted by Crippen LogP contribution is 2.49. The maximum absolute atomic E-state index is 5.58. The van der Waals surface area contributed by atoms with Gasteiger partial charge in [0.1, 0.15) is 11.9 Å². The molecular formula is C12H16O2. The monoisotopic (exact) mass is 192 g/mol. The molecule has 1 unspecified atom stereocenters. The molecular weight excluding hydrogens is 176 g/mol. The number of methoxy groups -OCH3 is 1. The van der Waals surface area contributed by atoms with Crippen molar-refractivity contribution in [2.24, 2.45) is 0 Å². The topological polar surface area (TPSA) is 21.8 Å². The summed E-state index contributed by atoms with van der Waals surface area (Å²) in [6, 6.07) is 6.21. The van der Waals surface area contributed by atoms with E-state index in [1.165, 1.54) is 5.56 Å². The molecule has 76 valence electrons. The number of ether oxygens (including phenoxy) is 2. The minimum absolute atomic E-state index is 0.0149. The molecule has 0 aromatic heterocycles. The van der Waals surface area contributed by atoms with Crippen LogP contribution < -0.4 is 4.74 Å². The fourth-order valence-electron chi connectivity index (χ4n) is 1.80. The lowest BCUT2D eigenvalue weighted by atomic mass is 10.0. The normalized spacial score (nSPS) is 23.3. The molecule has 2 heteroatoms. The fraction of sp³-hybridized carbons (Fsp3) is 0.500. The van der Waals surface area contributed by atoms with E-state index in [4.69, 9.17) is 9.47 Å². The van der Waals surface area contributed by atoms with E-state index in [1.54, 1.807) is 7.11 Å². The van der Waals surface area contributed by atoms with Crippen LogP contribution >= 0.6 is 0 Å². The summed E-state index contributed by atoms with van der Waals surface area (Å²) in [5.41, 5.74) is 2.42. The first kappa shape index (κ1) is 9.53. The third-order valence-corrected chi connectivity index (χ3v) is 2.72. The van der Waals surface area contributed by atoms with Crippen LogP contribution in [0.25, 0.3) is 0 Å². The number of epoxide rings is 1. The average Bonchev–Trinajstić information content (AvgIpc) is 2.75. The standard InChI is InChI=1S/C12H16O2/c1-8-7-9(5-6-10(8)13-4)11-12(2,3)14-11/h5-7,11H,1-4H3. The lowest BCUT2D eigenvalue weighted by molar-refractivity contribution is 0.325. The molecule has 2 rings (SSSR count). The quantitative estimate of drug-likeness (QED) is 0.672. The van der Waals surface area contributed by atoms with Gasteiger partial charge in [0, 0.05) is 0 Å². The van der Waals surface area contributed by atoms with Crippen molar-refractivity contribution in [1.82, 2.24) is 0 Å². The van der Waals surface area contributed by atoms with Crippen LogP contribution in [-0.2, 0) is 4.74 Å². The Bertz CT molecular complexity index is 355. The predicted octanol–water partition coefficient (Wildman–Crippen LogP) is 2.85. The van der Waals surface area contributed by atoms with Crippen molar-refractivity contribution >= 4 is 0 Å². The first-order valence-electron chi connectivity index (χ1n) is 4.87. The predicted molar refractivity (Wildman–Crippen MR) is 55.6 cm³/mol. The molecule has 0 amide bonds. The molecule has 0 aliphatic carbocycles. The van der Waals surface area contributed by atoms with Crippen molar-refractivity contribution in [2.75, 3.05) is 7.11 Å². The first-order chi connectivity index (χ1) is 6.54. The van der Waals surface area contributed by atoms with Gasteiger partial charge in [-0.25, -0.2) is 0 Å². The van der Waals surface area contributed by atoms with E-state index in [9.17, 15) is 0 Å². The van der Waals surface area contributed by atoms with E-state index in [1.807, 2.05) is 6.07 Å². The minimum Gasteiger partial charge on any atom is -0.496 e. The minimum atomic E-state index is 0.0149. The maximum Gasteiger partial charge on any atom is 0.121 e. The summed E-state index contributed by atoms with van der Waals surface area (Å²) >= 11 is 0. The molecule has 14 heavy (non-hydrogen) atoms. The zero-order valence-electron chi connectivity index (χ0n) is 9.13. The summed E-state index contributed by atoms with van der Waals surface area (Å²) in [5, 5.41) is 0. The summed E-state index contributed by atoms with van der Waals surface area (Å²) in [6.07, 6.45) is 0.257. The van der Waals surface area contributed by atoms with Crippen molar-refractivity contribution < 1.29 is 9.47 Å². The Kier molecular flexibility index (Phi) is 2.04. The van der Waals surface area contributed by atoms with Crippen molar-refractivity contribution in [2.45, 2.75) is 32.5 Å². The highest BCUT2D eigenvalue weighted by atomic mass is 16.6. The molecule has 0 radical (unpaired) electrons. The Hall–Kier alpha value is -1.02. The smallest absolute Gasteiger partial charge is 0.121 e. The van der Waals surface area contributed by atoms with Gasteiger partial charge in [-0.15, -0.1) is 0 Å². The van der Waals surface area contributed by atoms with Crippen LogP contribution in [0.5, 0.6) is 5.75 Å². The molecule has 1 aromatic carbocycles. The van der Waals surface area contributed by atoms with E-state index >= 15 is 0 Å². The van der Waals surface area contributed by atoms with Gasteiger partial charge in [-0.3, -0.25) is 0 Å². The molecule has 1 fully saturated rings. The van der Waals surface area contributed by atoms with Gasteiger partial charge >= 0.3 is 0 Å². The molecule has 1 heterocycles. The van der Waals surface area contributed by atoms with Gasteiger partial charge in [0.05, 0.1) is 12.7 Å². The highest BCUT2D eigenvalue weighted by molar-refractivity contribution is 5.39. The number of hydrogen-bond donors (Lipinski definition) is 0. The molecule has 0 spiro atoms. The van der Waals surface area contributed by atoms with Crippen LogP contribution in [0.15, 0.2) is 18.2 Å². The Morgan fingerprint density at radius 3 is 2.43 bits per heavy atom. The van der Waals surface area contributed by atoms with E-state index < -0.39 is 0 Å². The van der Waals surface area contributed by atoms with Crippen molar-refractivity contribution in [3.63, 3.8) is 0 Å². The molecule has 0 N–H and O–H groups in total. The molecule has 2 nitrogen and oxygen atoms in total. The van der Waals surface area contributed by atoms with Crippen LogP contribution in [0.2, 0.25) is 0 Å². The van der Waals surface area contributed by atoms with Crippen molar-refractivity contribution in [1.29, 1.82) is 0 Å². The molecule has 1 aliphatic heterocycles. The van der Waals surface area contributed by atoms with Crippen LogP contribution in [0.4, 0.5) is 0 Å². The zero-order chi connectivity index (χ0) is 10.3. The zero-order valence-corrected chi connectivity index (χ0v) is 9.13. The molecule has 1 saturated heterocycles. The van der Waals surface area contributed by atoms with Gasteiger partial charge < -0.3 is 9.47 Å². The van der Waals surface area contributed by atoms with E-state index in [0.717, 1.165) is 11.3 Å². The third-order valence-electron chi connectivity index (χ3n) is 2.72. The average molecular weight is 192 g/mol. The molecule has 1 atom stereocenters. The first-order valence-corrected chi connectivity index (χ1v) is 4.87. The summed E-state index contributed by atoms with van der Waals surface area (Å²) < 4.78 is 10.8. The lowest BCUT2D eigenvalue weighted by Gasteiger charge is -2.06. The van der Waals surface area contributed by atoms with Gasteiger partial charge in [-0.2, -0.15) is 0 Å². The van der Waals surface area contributed by atoms with Crippen LogP contribution in [0, 0.1) is 6.92 Å². The van der Waals surface area contributed by atoms with Crippen LogP contribution in [0.1, 0.15) is 31.1 Å². The van der Waals surface area contributed by atoms with Gasteiger partial charge in [0.15, 0.2) is 0 Å². The third kappa shape index (κ3) is 1.50. The van der Waals surface area contributed by atoms with E-state index in [-0.39, 0.29) is 11.7 Å². The van der Waals surface area contributed by atoms with Gasteiger partial charge in [0.2, 0.25) is 0 Å². The Labute approximate surface area is 84.8 Å². The second kappa shape index (κ2) is 2.99. The fourth-order valence-corrected chi connectivity index (χ4v) is 1.80. The second-order valence-corrected chi connectivity index (χ2v) is 4.33. The van der Waals surface area contributed by atoms with Crippen molar-refractivity contribution in [3.8, 4) is 5.75 Å². The Morgan fingerprint density at radius 2 is 2.00 bits per heavy atom. The second-order valence-electron chi connectivity index (χ2n) is 4.33. The van der Waals surface area contributed by atoms with E-state index in [2.05, 4.69) is 32.9 Å². The number of rotatable bonds is 2. The van der Waals surface area contributed by atoms with Crippen LogP contribution in [0.3, 0.4) is 0 Å². The SMILES string of the molecule is COc1ccc(C2OC2(C)C)cc1C. The van der Waals surface area contributed by atoms with Gasteiger partial charge in [-0.1, -0.05) is 6.07 Å². The van der Waals surface area contributed by atoms with E-state index in [0.29, 0.717) is 0 Å². The summed E-state index contributed by atoms with van der Waals surface area (Å²) in [4.78, 5) is 0. The summed E-state index contributed by atoms with van der Waals surface area (Å²) in [6.45, 7) is 6.27. The number of hydrogen-bond acceptors (Lipinski definition) is 2. The molecule has 1 aliphatic rings. The van der Waals surface area contributed by atoms with Gasteiger partial charge in [-0.05, 0) is 44.0 Å². The van der Waals surface area contributed by atoms with Crippen molar-refractivity contribution in [3.05, 3.63) is 29.3 Å². The van der Waals surface area contributed by atoms with Gasteiger partial charge in [0.25, 0.3) is 0 Å². The Balaban J connectivity index is 2.26. The summed E-state index contributed by atoms with van der Waals surface area (Å²) in [5.74, 6) is 0.937. The molecule has 0 saturated carbocycles. The highest BCUT2D eigenvalue weighted by Gasteiger charge is 2.48. The summed E-state index contributed by atoms with van der Waals surface area (Å²) in [7, 11) is 1.69. The lowest BCUT2D eigenvalue weighted by Crippen LogP contribution is -1.98. The van der Waals surface area contributed by atoms with Crippen LogP contribution in [-0.4, -0.2) is 12.7 Å². The Morgan fingerprint density at radius 1 is 1.36 bits per heavy atom. The number of benzene rings is 1. The molecule has 0 bridgehead atoms. The largest absolute Gasteiger partial charge is 0.496 e.